The highest BCUT2D eigenvalue weighted by atomic mass is 32.2. The summed E-state index contributed by atoms with van der Waals surface area (Å²) in [7, 11) is -2.83. The first kappa shape index (κ1) is 12.7. The lowest BCUT2D eigenvalue weighted by atomic mass is 10.1. The molecule has 0 saturated carbocycles. The van der Waals surface area contributed by atoms with Gasteiger partial charge in [0.05, 0.1) is 11.5 Å². The third-order valence-corrected chi connectivity index (χ3v) is 5.50. The fourth-order valence-electron chi connectivity index (χ4n) is 2.65. The molecule has 0 spiro atoms. The van der Waals surface area contributed by atoms with Crippen molar-refractivity contribution in [2.45, 2.75) is 25.4 Å². The second-order valence-electron chi connectivity index (χ2n) is 5.23. The van der Waals surface area contributed by atoms with Crippen molar-refractivity contribution in [3.8, 4) is 0 Å². The van der Waals surface area contributed by atoms with Crippen molar-refractivity contribution in [3.63, 3.8) is 0 Å². The molecule has 2 N–H and O–H groups in total. The van der Waals surface area contributed by atoms with E-state index in [9.17, 15) is 8.42 Å². The van der Waals surface area contributed by atoms with Crippen molar-refractivity contribution in [2.24, 2.45) is 0 Å². The zero-order valence-electron chi connectivity index (χ0n) is 10.7. The number of hydrogen-bond acceptors (Lipinski definition) is 3. The van der Waals surface area contributed by atoms with E-state index in [0.717, 1.165) is 24.9 Å². The van der Waals surface area contributed by atoms with Crippen LogP contribution in [0.3, 0.4) is 0 Å². The summed E-state index contributed by atoms with van der Waals surface area (Å²) >= 11 is 0. The molecule has 19 heavy (non-hydrogen) atoms. The van der Waals surface area contributed by atoms with Crippen LogP contribution in [0.2, 0.25) is 0 Å². The highest BCUT2D eigenvalue weighted by molar-refractivity contribution is 7.91. The van der Waals surface area contributed by atoms with Crippen LogP contribution in [0.25, 0.3) is 10.9 Å². The van der Waals surface area contributed by atoms with Crippen LogP contribution in [0.5, 0.6) is 0 Å². The van der Waals surface area contributed by atoms with Gasteiger partial charge in [0.2, 0.25) is 0 Å². The third-order valence-electron chi connectivity index (χ3n) is 3.68. The van der Waals surface area contributed by atoms with E-state index < -0.39 is 9.84 Å². The largest absolute Gasteiger partial charge is 0.361 e. The number of aromatic amines is 1. The van der Waals surface area contributed by atoms with Crippen molar-refractivity contribution in [2.75, 3.05) is 11.5 Å². The lowest BCUT2D eigenvalue weighted by molar-refractivity contribution is 0.480. The molecule has 1 unspecified atom stereocenters. The Balaban J connectivity index is 1.65. The summed E-state index contributed by atoms with van der Waals surface area (Å²) in [5.74, 6) is 0.622. The molecule has 0 bridgehead atoms. The molecular weight excluding hydrogens is 260 g/mol. The predicted molar refractivity (Wildman–Crippen MR) is 76.8 cm³/mol. The van der Waals surface area contributed by atoms with Crippen LogP contribution >= 0.6 is 0 Å². The second kappa shape index (κ2) is 4.98. The zero-order valence-corrected chi connectivity index (χ0v) is 11.5. The molecule has 0 amide bonds. The molecule has 2 heterocycles. The lowest BCUT2D eigenvalue weighted by Crippen LogP contribution is -2.39. The SMILES string of the molecule is O=S1(=O)CCCC(NCc2ccc3cc[nH]c3c2)C1. The Morgan fingerprint density at radius 1 is 1.32 bits per heavy atom. The maximum atomic E-state index is 11.6. The van der Waals surface area contributed by atoms with Crippen LogP contribution in [-0.4, -0.2) is 30.9 Å². The maximum absolute atomic E-state index is 11.6. The van der Waals surface area contributed by atoms with E-state index in [4.69, 9.17) is 0 Å². The average molecular weight is 278 g/mol. The van der Waals surface area contributed by atoms with Gasteiger partial charge in [-0.2, -0.15) is 0 Å². The lowest BCUT2D eigenvalue weighted by Gasteiger charge is -2.23. The molecule has 3 rings (SSSR count). The van der Waals surface area contributed by atoms with Crippen LogP contribution < -0.4 is 5.32 Å². The zero-order chi connectivity index (χ0) is 13.3. The van der Waals surface area contributed by atoms with E-state index in [1.807, 2.05) is 12.3 Å². The summed E-state index contributed by atoms with van der Waals surface area (Å²) in [6.07, 6.45) is 3.65. The smallest absolute Gasteiger partial charge is 0.151 e. The topological polar surface area (TPSA) is 62.0 Å². The predicted octanol–water partition coefficient (Wildman–Crippen LogP) is 1.83. The van der Waals surface area contributed by atoms with Crippen LogP contribution in [0, 0.1) is 0 Å². The fourth-order valence-corrected chi connectivity index (χ4v) is 4.32. The van der Waals surface area contributed by atoms with Gasteiger partial charge in [-0.25, -0.2) is 8.42 Å². The molecule has 1 aromatic heterocycles. The van der Waals surface area contributed by atoms with Crippen molar-refractivity contribution < 1.29 is 8.42 Å². The van der Waals surface area contributed by atoms with Gasteiger partial charge in [-0.1, -0.05) is 12.1 Å². The summed E-state index contributed by atoms with van der Waals surface area (Å²) in [5, 5.41) is 4.56. The molecule has 1 aromatic carbocycles. The van der Waals surface area contributed by atoms with Crippen molar-refractivity contribution in [1.82, 2.24) is 10.3 Å². The highest BCUT2D eigenvalue weighted by Gasteiger charge is 2.24. The second-order valence-corrected chi connectivity index (χ2v) is 7.46. The van der Waals surface area contributed by atoms with Gasteiger partial charge in [-0.05, 0) is 35.9 Å². The van der Waals surface area contributed by atoms with E-state index in [2.05, 4.69) is 28.5 Å². The number of sulfone groups is 1. The average Bonchev–Trinajstić information content (AvgIpc) is 2.82. The first-order valence-electron chi connectivity index (χ1n) is 6.62. The van der Waals surface area contributed by atoms with Crippen molar-refractivity contribution >= 4 is 20.7 Å². The minimum absolute atomic E-state index is 0.0955. The fraction of sp³-hybridized carbons (Fsp3) is 0.429. The van der Waals surface area contributed by atoms with Gasteiger partial charge in [0.15, 0.2) is 9.84 Å². The Kier molecular flexibility index (Phi) is 3.33. The molecule has 5 heteroatoms. The Bertz CT molecular complexity index is 676. The van der Waals surface area contributed by atoms with Crippen LogP contribution in [-0.2, 0) is 16.4 Å². The molecule has 1 aliphatic heterocycles. The number of fused-ring (bicyclic) bond motifs is 1. The minimum atomic E-state index is -2.83. The van der Waals surface area contributed by atoms with E-state index >= 15 is 0 Å². The standard InChI is InChI=1S/C14H18N2O2S/c17-19(18)7-1-2-13(10-19)16-9-11-3-4-12-5-6-15-14(12)8-11/h3-6,8,13,15-16H,1-2,7,9-10H2. The van der Waals surface area contributed by atoms with Gasteiger partial charge in [0.1, 0.15) is 0 Å². The molecule has 1 saturated heterocycles. The minimum Gasteiger partial charge on any atom is -0.361 e. The van der Waals surface area contributed by atoms with E-state index in [-0.39, 0.29) is 11.8 Å². The Morgan fingerprint density at radius 2 is 2.21 bits per heavy atom. The van der Waals surface area contributed by atoms with E-state index in [1.165, 1.54) is 10.9 Å². The summed E-state index contributed by atoms with van der Waals surface area (Å²) in [6.45, 7) is 0.717. The monoisotopic (exact) mass is 278 g/mol. The van der Waals surface area contributed by atoms with Gasteiger partial charge in [-0.3, -0.25) is 0 Å². The van der Waals surface area contributed by atoms with Crippen LogP contribution in [0.1, 0.15) is 18.4 Å². The van der Waals surface area contributed by atoms with Crippen LogP contribution in [0.4, 0.5) is 0 Å². The van der Waals surface area contributed by atoms with Gasteiger partial charge < -0.3 is 10.3 Å². The number of hydrogen-bond donors (Lipinski definition) is 2. The van der Waals surface area contributed by atoms with Gasteiger partial charge in [0.25, 0.3) is 0 Å². The van der Waals surface area contributed by atoms with Crippen LogP contribution in [0.15, 0.2) is 30.5 Å². The summed E-state index contributed by atoms with van der Waals surface area (Å²) < 4.78 is 23.1. The number of H-pyrrole nitrogens is 1. The van der Waals surface area contributed by atoms with Gasteiger partial charge in [-0.15, -0.1) is 0 Å². The van der Waals surface area contributed by atoms with Gasteiger partial charge >= 0.3 is 0 Å². The number of nitrogens with one attached hydrogen (secondary N) is 2. The van der Waals surface area contributed by atoms with Gasteiger partial charge in [0, 0.05) is 24.3 Å². The maximum Gasteiger partial charge on any atom is 0.151 e. The molecular formula is C14H18N2O2S. The van der Waals surface area contributed by atoms with E-state index in [0.29, 0.717) is 5.75 Å². The molecule has 0 aliphatic carbocycles. The Labute approximate surface area is 113 Å². The van der Waals surface area contributed by atoms with Crippen molar-refractivity contribution in [3.05, 3.63) is 36.0 Å². The first-order valence-corrected chi connectivity index (χ1v) is 8.44. The normalized spacial score (nSPS) is 22.6. The van der Waals surface area contributed by atoms with E-state index in [1.54, 1.807) is 0 Å². The first-order chi connectivity index (χ1) is 9.12. The molecule has 1 atom stereocenters. The molecule has 2 aromatic rings. The molecule has 4 nitrogen and oxygen atoms in total. The quantitative estimate of drug-likeness (QED) is 0.900. The Morgan fingerprint density at radius 3 is 3.05 bits per heavy atom. The summed E-state index contributed by atoms with van der Waals surface area (Å²) in [6, 6.07) is 8.42. The van der Waals surface area contributed by atoms with Crippen molar-refractivity contribution in [1.29, 1.82) is 0 Å². The number of benzene rings is 1. The number of rotatable bonds is 3. The summed E-state index contributed by atoms with van der Waals surface area (Å²) in [4.78, 5) is 3.19. The highest BCUT2D eigenvalue weighted by Crippen LogP contribution is 2.16. The molecule has 1 fully saturated rings. The Hall–Kier alpha value is -1.33. The molecule has 0 radical (unpaired) electrons. The number of aromatic nitrogens is 1. The summed E-state index contributed by atoms with van der Waals surface area (Å²) in [5.41, 5.74) is 2.30. The molecule has 102 valence electrons. The third kappa shape index (κ3) is 2.98. The molecule has 1 aliphatic rings.